The van der Waals surface area contributed by atoms with E-state index in [2.05, 4.69) is 20.4 Å². The molecule has 1 saturated carbocycles. The Labute approximate surface area is 204 Å². The molecular formula is C22H32F3IN4O2. The van der Waals surface area contributed by atoms with Gasteiger partial charge in [-0.05, 0) is 30.4 Å². The van der Waals surface area contributed by atoms with Crippen molar-refractivity contribution < 1.29 is 22.7 Å². The van der Waals surface area contributed by atoms with Crippen LogP contribution in [0.2, 0.25) is 0 Å². The van der Waals surface area contributed by atoms with E-state index in [0.29, 0.717) is 30.5 Å². The molecule has 1 unspecified atom stereocenters. The maximum atomic E-state index is 12.6. The van der Waals surface area contributed by atoms with Crippen molar-refractivity contribution in [1.82, 2.24) is 15.5 Å². The number of nitrogens with zero attached hydrogens (tertiary/aromatic N) is 2. The Morgan fingerprint density at radius 2 is 1.81 bits per heavy atom. The van der Waals surface area contributed by atoms with Crippen molar-refractivity contribution in [2.45, 2.75) is 57.5 Å². The number of ether oxygens (including phenoxy) is 1. The third-order valence-electron chi connectivity index (χ3n) is 5.79. The standard InChI is InChI=1S/C22H31F3N4O2.HI/c1-26-21(28-19-10-11-29(13-19)20(30)18-4-2-3-5-18)27-12-16-6-8-17(9-7-16)14-31-15-22(23,24)25;/h6-9,18-19H,2-5,10-15H2,1H3,(H2,26,27,28);1H. The third kappa shape index (κ3) is 8.42. The molecule has 0 bridgehead atoms. The minimum Gasteiger partial charge on any atom is -0.367 e. The quantitative estimate of drug-likeness (QED) is 0.298. The zero-order valence-corrected chi connectivity index (χ0v) is 20.6. The van der Waals surface area contributed by atoms with Crippen LogP contribution in [0.4, 0.5) is 13.2 Å². The number of nitrogens with one attached hydrogen (secondary N) is 2. The molecule has 1 aromatic carbocycles. The van der Waals surface area contributed by atoms with Gasteiger partial charge in [-0.1, -0.05) is 37.1 Å². The zero-order valence-electron chi connectivity index (χ0n) is 18.3. The molecule has 1 atom stereocenters. The molecule has 0 spiro atoms. The van der Waals surface area contributed by atoms with Crippen LogP contribution in [0.1, 0.15) is 43.2 Å². The summed E-state index contributed by atoms with van der Waals surface area (Å²) < 4.78 is 41.1. The number of hydrogen-bond acceptors (Lipinski definition) is 3. The Kier molecular flexibility index (Phi) is 10.5. The molecule has 32 heavy (non-hydrogen) atoms. The molecule has 0 aromatic heterocycles. The normalized spacial score (nSPS) is 19.7. The second-order valence-corrected chi connectivity index (χ2v) is 8.25. The van der Waals surface area contributed by atoms with Crippen LogP contribution < -0.4 is 10.6 Å². The Bertz CT molecular complexity index is 753. The van der Waals surface area contributed by atoms with E-state index in [9.17, 15) is 18.0 Å². The summed E-state index contributed by atoms with van der Waals surface area (Å²) in [5, 5.41) is 6.63. The van der Waals surface area contributed by atoms with Crippen LogP contribution in [-0.2, 0) is 22.7 Å². The van der Waals surface area contributed by atoms with Crippen LogP contribution in [0.25, 0.3) is 0 Å². The van der Waals surface area contributed by atoms with Gasteiger partial charge in [0.2, 0.25) is 5.91 Å². The van der Waals surface area contributed by atoms with E-state index in [1.54, 1.807) is 19.2 Å². The van der Waals surface area contributed by atoms with E-state index >= 15 is 0 Å². The number of aliphatic imine (C=N–C) groups is 1. The summed E-state index contributed by atoms with van der Waals surface area (Å²) >= 11 is 0. The van der Waals surface area contributed by atoms with Gasteiger partial charge in [0.1, 0.15) is 6.61 Å². The summed E-state index contributed by atoms with van der Waals surface area (Å²) in [6, 6.07) is 7.39. The SMILES string of the molecule is CN=C(NCc1ccc(COCC(F)(F)F)cc1)NC1CCN(C(=O)C2CCCC2)C1.I. The number of likely N-dealkylation sites (tertiary alicyclic amines) is 1. The first-order valence-corrected chi connectivity index (χ1v) is 10.8. The van der Waals surface area contributed by atoms with Gasteiger partial charge >= 0.3 is 6.18 Å². The number of rotatable bonds is 7. The monoisotopic (exact) mass is 568 g/mol. The van der Waals surface area contributed by atoms with Crippen molar-refractivity contribution in [2.24, 2.45) is 10.9 Å². The Morgan fingerprint density at radius 3 is 2.44 bits per heavy atom. The van der Waals surface area contributed by atoms with Crippen LogP contribution in [-0.4, -0.2) is 55.7 Å². The maximum Gasteiger partial charge on any atom is 0.411 e. The van der Waals surface area contributed by atoms with Crippen molar-refractivity contribution >= 4 is 35.8 Å². The molecule has 1 aliphatic carbocycles. The lowest BCUT2D eigenvalue weighted by Crippen LogP contribution is -2.45. The minimum absolute atomic E-state index is 0. The molecule has 1 amide bonds. The highest BCUT2D eigenvalue weighted by molar-refractivity contribution is 14.0. The maximum absolute atomic E-state index is 12.6. The van der Waals surface area contributed by atoms with Crippen molar-refractivity contribution in [1.29, 1.82) is 0 Å². The van der Waals surface area contributed by atoms with E-state index in [1.807, 2.05) is 17.0 Å². The van der Waals surface area contributed by atoms with Crippen LogP contribution in [0.5, 0.6) is 0 Å². The largest absolute Gasteiger partial charge is 0.411 e. The first-order valence-electron chi connectivity index (χ1n) is 10.8. The van der Waals surface area contributed by atoms with E-state index in [4.69, 9.17) is 0 Å². The number of hydrogen-bond donors (Lipinski definition) is 2. The van der Waals surface area contributed by atoms with Crippen molar-refractivity contribution in [3.8, 4) is 0 Å². The van der Waals surface area contributed by atoms with Gasteiger partial charge in [0, 0.05) is 38.6 Å². The van der Waals surface area contributed by atoms with Crippen molar-refractivity contribution in [3.05, 3.63) is 35.4 Å². The summed E-state index contributed by atoms with van der Waals surface area (Å²) in [6.45, 7) is 0.683. The fourth-order valence-electron chi connectivity index (χ4n) is 4.12. The Morgan fingerprint density at radius 1 is 1.16 bits per heavy atom. The topological polar surface area (TPSA) is 66.0 Å². The van der Waals surface area contributed by atoms with Gasteiger partial charge in [-0.25, -0.2) is 0 Å². The molecule has 2 fully saturated rings. The predicted molar refractivity (Wildman–Crippen MR) is 128 cm³/mol. The second-order valence-electron chi connectivity index (χ2n) is 8.25. The first-order chi connectivity index (χ1) is 14.8. The zero-order chi connectivity index (χ0) is 22.3. The summed E-state index contributed by atoms with van der Waals surface area (Å²) in [4.78, 5) is 18.8. The Hall–Kier alpha value is -1.56. The molecule has 2 N–H and O–H groups in total. The van der Waals surface area contributed by atoms with Crippen LogP contribution in [0, 0.1) is 5.92 Å². The first kappa shape index (κ1) is 26.7. The van der Waals surface area contributed by atoms with Crippen LogP contribution in [0.3, 0.4) is 0 Å². The number of guanidine groups is 1. The summed E-state index contributed by atoms with van der Waals surface area (Å²) in [6.07, 6.45) is 0.931. The van der Waals surface area contributed by atoms with Crippen LogP contribution >= 0.6 is 24.0 Å². The number of benzene rings is 1. The smallest absolute Gasteiger partial charge is 0.367 e. The van der Waals surface area contributed by atoms with Gasteiger partial charge in [-0.2, -0.15) is 13.2 Å². The fourth-order valence-corrected chi connectivity index (χ4v) is 4.12. The predicted octanol–water partition coefficient (Wildman–Crippen LogP) is 3.84. The highest BCUT2D eigenvalue weighted by Crippen LogP contribution is 2.27. The van der Waals surface area contributed by atoms with E-state index in [1.165, 1.54) is 0 Å². The second kappa shape index (κ2) is 12.6. The molecule has 2 aliphatic rings. The molecule has 1 aromatic rings. The molecular weight excluding hydrogens is 536 g/mol. The average molecular weight is 568 g/mol. The molecule has 10 heteroatoms. The fraction of sp³-hybridized carbons (Fsp3) is 0.636. The molecule has 1 saturated heterocycles. The van der Waals surface area contributed by atoms with Gasteiger partial charge in [0.05, 0.1) is 6.61 Å². The van der Waals surface area contributed by atoms with E-state index in [-0.39, 0.29) is 42.5 Å². The number of alkyl halides is 3. The molecule has 0 radical (unpaired) electrons. The van der Waals surface area contributed by atoms with E-state index in [0.717, 1.165) is 44.2 Å². The van der Waals surface area contributed by atoms with Crippen molar-refractivity contribution in [3.63, 3.8) is 0 Å². The van der Waals surface area contributed by atoms with Crippen LogP contribution in [0.15, 0.2) is 29.3 Å². The molecule has 180 valence electrons. The lowest BCUT2D eigenvalue weighted by atomic mass is 10.1. The van der Waals surface area contributed by atoms with Gasteiger partial charge < -0.3 is 20.3 Å². The number of amides is 1. The third-order valence-corrected chi connectivity index (χ3v) is 5.79. The summed E-state index contributed by atoms with van der Waals surface area (Å²) in [5.74, 6) is 1.17. The van der Waals surface area contributed by atoms with Gasteiger partial charge in [0.25, 0.3) is 0 Å². The highest BCUT2D eigenvalue weighted by Gasteiger charge is 2.32. The molecule has 1 aliphatic heterocycles. The van der Waals surface area contributed by atoms with Gasteiger partial charge in [0.15, 0.2) is 5.96 Å². The average Bonchev–Trinajstić information content (AvgIpc) is 3.43. The molecule has 1 heterocycles. The molecule has 3 rings (SSSR count). The highest BCUT2D eigenvalue weighted by atomic mass is 127. The molecule has 6 nitrogen and oxygen atoms in total. The van der Waals surface area contributed by atoms with E-state index < -0.39 is 12.8 Å². The minimum atomic E-state index is -4.31. The number of carbonyl (C=O) groups excluding carboxylic acids is 1. The number of carbonyl (C=O) groups is 1. The van der Waals surface area contributed by atoms with Crippen molar-refractivity contribution in [2.75, 3.05) is 26.7 Å². The van der Waals surface area contributed by atoms with Gasteiger partial charge in [-0.15, -0.1) is 24.0 Å². The lowest BCUT2D eigenvalue weighted by Gasteiger charge is -2.21. The number of halogens is 4. The van der Waals surface area contributed by atoms with Gasteiger partial charge in [-0.3, -0.25) is 9.79 Å². The lowest BCUT2D eigenvalue weighted by molar-refractivity contribution is -0.176. The summed E-state index contributed by atoms with van der Waals surface area (Å²) in [7, 11) is 1.70. The Balaban J connectivity index is 0.00000363. The summed E-state index contributed by atoms with van der Waals surface area (Å²) in [5.41, 5.74) is 1.67.